The Morgan fingerprint density at radius 3 is 2.85 bits per heavy atom. The molecule has 3 N–H and O–H groups in total. The molecule has 1 aliphatic heterocycles. The summed E-state index contributed by atoms with van der Waals surface area (Å²) >= 11 is 5.21. The van der Waals surface area contributed by atoms with Gasteiger partial charge in [0.05, 0.1) is 23.9 Å². The monoisotopic (exact) mass is 293 g/mol. The lowest BCUT2D eigenvalue weighted by molar-refractivity contribution is 0.255. The van der Waals surface area contributed by atoms with Gasteiger partial charge in [-0.05, 0) is 32.8 Å². The van der Waals surface area contributed by atoms with Gasteiger partial charge in [-0.2, -0.15) is 0 Å². The summed E-state index contributed by atoms with van der Waals surface area (Å²) in [6, 6.07) is 2.18. The van der Waals surface area contributed by atoms with E-state index in [0.717, 1.165) is 48.4 Å². The van der Waals surface area contributed by atoms with Crippen molar-refractivity contribution in [3.8, 4) is 0 Å². The minimum absolute atomic E-state index is 0.145. The second-order valence-electron chi connectivity index (χ2n) is 5.49. The first-order valence-electron chi connectivity index (χ1n) is 7.20. The number of anilines is 1. The highest BCUT2D eigenvalue weighted by atomic mass is 32.1. The van der Waals surface area contributed by atoms with Crippen molar-refractivity contribution in [2.75, 3.05) is 18.1 Å². The quantitative estimate of drug-likeness (QED) is 0.835. The Labute approximate surface area is 126 Å². The molecule has 0 aromatic carbocycles. The highest BCUT2D eigenvalue weighted by molar-refractivity contribution is 7.80. The van der Waals surface area contributed by atoms with Crippen molar-refractivity contribution in [1.29, 1.82) is 0 Å². The third-order valence-electron chi connectivity index (χ3n) is 3.95. The van der Waals surface area contributed by atoms with E-state index in [-0.39, 0.29) is 12.6 Å². The Bertz CT molecular complexity index is 504. The van der Waals surface area contributed by atoms with Gasteiger partial charge in [0, 0.05) is 17.9 Å². The number of aliphatic hydroxyl groups is 1. The van der Waals surface area contributed by atoms with Gasteiger partial charge in [-0.25, -0.2) is 0 Å². The molecule has 1 aromatic heterocycles. The number of aromatic nitrogens is 1. The molecular weight excluding hydrogens is 270 g/mol. The number of rotatable bonds is 3. The summed E-state index contributed by atoms with van der Waals surface area (Å²) in [7, 11) is 0. The topological polar surface area (TPSA) is 62.4 Å². The number of nitrogens with two attached hydrogens (primary N) is 1. The normalized spacial score (nSPS) is 19.8. The fourth-order valence-corrected chi connectivity index (χ4v) is 3.28. The minimum atomic E-state index is 0.145. The third-order valence-corrected chi connectivity index (χ3v) is 4.16. The van der Waals surface area contributed by atoms with E-state index in [1.165, 1.54) is 6.42 Å². The summed E-state index contributed by atoms with van der Waals surface area (Å²) in [6.45, 7) is 5.02. The highest BCUT2D eigenvalue weighted by Crippen LogP contribution is 2.29. The van der Waals surface area contributed by atoms with Crippen LogP contribution in [-0.2, 0) is 0 Å². The maximum Gasteiger partial charge on any atom is 0.107 e. The van der Waals surface area contributed by atoms with Crippen molar-refractivity contribution >= 4 is 22.9 Å². The van der Waals surface area contributed by atoms with E-state index >= 15 is 0 Å². The second kappa shape index (κ2) is 6.50. The zero-order chi connectivity index (χ0) is 14.7. The standard InChI is InChI=1S/C15H23N3OS/c1-10-8-13(14(15(16)20)11(2)17-10)18-7-5-3-4-6-12(18)9-19/h8,12,19H,3-7,9H2,1-2H3,(H2,16,20). The smallest absolute Gasteiger partial charge is 0.107 e. The predicted molar refractivity (Wildman–Crippen MR) is 86.3 cm³/mol. The Morgan fingerprint density at radius 2 is 2.20 bits per heavy atom. The Morgan fingerprint density at radius 1 is 1.45 bits per heavy atom. The van der Waals surface area contributed by atoms with Crippen molar-refractivity contribution < 1.29 is 5.11 Å². The molecule has 0 aliphatic carbocycles. The maximum absolute atomic E-state index is 9.69. The molecule has 0 saturated carbocycles. The number of hydrogen-bond donors (Lipinski definition) is 2. The molecule has 2 rings (SSSR count). The zero-order valence-corrected chi connectivity index (χ0v) is 13.0. The molecule has 1 fully saturated rings. The Hall–Kier alpha value is -1.20. The molecule has 1 saturated heterocycles. The van der Waals surface area contributed by atoms with Gasteiger partial charge in [0.15, 0.2) is 0 Å². The molecule has 0 spiro atoms. The van der Waals surface area contributed by atoms with Crippen LogP contribution in [0.15, 0.2) is 6.07 Å². The number of aryl methyl sites for hydroxylation is 2. The summed E-state index contributed by atoms with van der Waals surface area (Å²) in [5.74, 6) is 0. The Kier molecular flexibility index (Phi) is 4.94. The molecule has 1 aromatic rings. The van der Waals surface area contributed by atoms with Crippen molar-refractivity contribution in [3.05, 3.63) is 23.0 Å². The van der Waals surface area contributed by atoms with Crippen LogP contribution >= 0.6 is 12.2 Å². The van der Waals surface area contributed by atoms with Crippen molar-refractivity contribution in [2.45, 2.75) is 45.6 Å². The molecular formula is C15H23N3OS. The number of aliphatic hydroxyl groups excluding tert-OH is 1. The molecule has 1 unspecified atom stereocenters. The average molecular weight is 293 g/mol. The van der Waals surface area contributed by atoms with Crippen LogP contribution < -0.4 is 10.6 Å². The number of nitrogens with zero attached hydrogens (tertiary/aromatic N) is 2. The first-order chi connectivity index (χ1) is 9.54. The first-order valence-corrected chi connectivity index (χ1v) is 7.61. The van der Waals surface area contributed by atoms with Crippen LogP contribution in [-0.4, -0.2) is 34.3 Å². The van der Waals surface area contributed by atoms with Gasteiger partial charge < -0.3 is 15.7 Å². The summed E-state index contributed by atoms with van der Waals surface area (Å²) in [6.07, 6.45) is 4.51. The van der Waals surface area contributed by atoms with Gasteiger partial charge in [-0.3, -0.25) is 4.98 Å². The van der Waals surface area contributed by atoms with Crippen LogP contribution in [0.5, 0.6) is 0 Å². The average Bonchev–Trinajstić information content (AvgIpc) is 2.61. The highest BCUT2D eigenvalue weighted by Gasteiger charge is 2.24. The van der Waals surface area contributed by atoms with E-state index in [9.17, 15) is 5.11 Å². The van der Waals surface area contributed by atoms with Crippen molar-refractivity contribution in [2.24, 2.45) is 5.73 Å². The van der Waals surface area contributed by atoms with Gasteiger partial charge in [-0.1, -0.05) is 25.1 Å². The van der Waals surface area contributed by atoms with E-state index in [4.69, 9.17) is 18.0 Å². The summed E-state index contributed by atoms with van der Waals surface area (Å²) in [5.41, 5.74) is 9.61. The molecule has 1 atom stereocenters. The molecule has 1 aliphatic rings. The second-order valence-corrected chi connectivity index (χ2v) is 5.93. The van der Waals surface area contributed by atoms with Crippen molar-refractivity contribution in [3.63, 3.8) is 0 Å². The van der Waals surface area contributed by atoms with Crippen LogP contribution in [0.1, 0.15) is 42.6 Å². The third kappa shape index (κ3) is 3.10. The van der Waals surface area contributed by atoms with E-state index in [0.29, 0.717) is 4.99 Å². The maximum atomic E-state index is 9.69. The predicted octanol–water partition coefficient (Wildman–Crippen LogP) is 2.07. The molecule has 0 bridgehead atoms. The van der Waals surface area contributed by atoms with E-state index in [2.05, 4.69) is 9.88 Å². The summed E-state index contributed by atoms with van der Waals surface area (Å²) in [4.78, 5) is 7.12. The fraction of sp³-hybridized carbons (Fsp3) is 0.600. The lowest BCUT2D eigenvalue weighted by atomic mass is 10.1. The van der Waals surface area contributed by atoms with E-state index < -0.39 is 0 Å². The minimum Gasteiger partial charge on any atom is -0.394 e. The van der Waals surface area contributed by atoms with Crippen LogP contribution in [0.3, 0.4) is 0 Å². The van der Waals surface area contributed by atoms with Gasteiger partial charge >= 0.3 is 0 Å². The molecule has 0 amide bonds. The van der Waals surface area contributed by atoms with Gasteiger partial charge in [0.2, 0.25) is 0 Å². The van der Waals surface area contributed by atoms with Gasteiger partial charge in [-0.15, -0.1) is 0 Å². The number of thiocarbonyl (C=S) groups is 1. The number of hydrogen-bond acceptors (Lipinski definition) is 4. The SMILES string of the molecule is Cc1cc(N2CCCCCC2CO)c(C(N)=S)c(C)n1. The van der Waals surface area contributed by atoms with Crippen LogP contribution in [0, 0.1) is 13.8 Å². The first kappa shape index (κ1) is 15.2. The molecule has 110 valence electrons. The lowest BCUT2D eigenvalue weighted by Gasteiger charge is -2.33. The summed E-state index contributed by atoms with van der Waals surface area (Å²) in [5, 5.41) is 9.69. The molecule has 2 heterocycles. The lowest BCUT2D eigenvalue weighted by Crippen LogP contribution is -2.39. The number of pyridine rings is 1. The molecule has 5 heteroatoms. The molecule has 20 heavy (non-hydrogen) atoms. The van der Waals surface area contributed by atoms with Crippen LogP contribution in [0.25, 0.3) is 0 Å². The summed E-state index contributed by atoms with van der Waals surface area (Å²) < 4.78 is 0. The zero-order valence-electron chi connectivity index (χ0n) is 12.2. The van der Waals surface area contributed by atoms with Crippen LogP contribution in [0.2, 0.25) is 0 Å². The molecule has 0 radical (unpaired) electrons. The van der Waals surface area contributed by atoms with Crippen LogP contribution in [0.4, 0.5) is 5.69 Å². The fourth-order valence-electron chi connectivity index (χ4n) is 3.02. The van der Waals surface area contributed by atoms with Gasteiger partial charge in [0.25, 0.3) is 0 Å². The van der Waals surface area contributed by atoms with E-state index in [1.807, 2.05) is 19.9 Å². The molecule has 4 nitrogen and oxygen atoms in total. The Balaban J connectivity index is 2.50. The largest absolute Gasteiger partial charge is 0.394 e. The van der Waals surface area contributed by atoms with Gasteiger partial charge in [0.1, 0.15) is 4.99 Å². The van der Waals surface area contributed by atoms with Crippen molar-refractivity contribution in [1.82, 2.24) is 4.98 Å². The van der Waals surface area contributed by atoms with E-state index in [1.54, 1.807) is 0 Å².